The van der Waals surface area contributed by atoms with E-state index in [-0.39, 0.29) is 22.8 Å². The maximum atomic E-state index is 14.4. The van der Waals surface area contributed by atoms with Crippen LogP contribution in [-0.4, -0.2) is 11.1 Å². The second kappa shape index (κ2) is 8.23. The highest BCUT2D eigenvalue weighted by Gasteiger charge is 2.36. The number of aromatic carboxylic acids is 1. The Kier molecular flexibility index (Phi) is 5.62. The molecule has 1 aliphatic rings. The summed E-state index contributed by atoms with van der Waals surface area (Å²) < 4.78 is 30.8. The Morgan fingerprint density at radius 2 is 1.94 bits per heavy atom. The molecule has 160 valence electrons. The van der Waals surface area contributed by atoms with E-state index < -0.39 is 11.8 Å². The molecule has 4 nitrogen and oxygen atoms in total. The lowest BCUT2D eigenvalue weighted by atomic mass is 9.72. The molecule has 0 amide bonds. The molecular weight excluding hydrogens is 418 g/mol. The van der Waals surface area contributed by atoms with Crippen molar-refractivity contribution in [3.05, 3.63) is 89.0 Å². The first-order valence-corrected chi connectivity index (χ1v) is 10.7. The monoisotopic (exact) mass is 440 g/mol. The molecule has 0 radical (unpaired) electrons. The number of hydrogen-bond acceptors (Lipinski definition) is 4. The number of hydrogen-bond donors (Lipinski definition) is 3. The Morgan fingerprint density at radius 1 is 1.13 bits per heavy atom. The van der Waals surface area contributed by atoms with Gasteiger partial charge >= 0.3 is 5.97 Å². The minimum absolute atomic E-state index is 0.101. The van der Waals surface area contributed by atoms with Crippen molar-refractivity contribution < 1.29 is 18.7 Å². The molecule has 4 rings (SSSR count). The fourth-order valence-electron chi connectivity index (χ4n) is 3.94. The van der Waals surface area contributed by atoms with Gasteiger partial charge < -0.3 is 15.1 Å². The molecule has 0 spiro atoms. The number of fused-ring (bicyclic) bond motifs is 1. The van der Waals surface area contributed by atoms with Crippen LogP contribution in [-0.2, 0) is 6.42 Å². The van der Waals surface area contributed by atoms with Crippen molar-refractivity contribution >= 4 is 29.3 Å². The first-order chi connectivity index (χ1) is 14.7. The van der Waals surface area contributed by atoms with Crippen molar-refractivity contribution in [1.82, 2.24) is 0 Å². The lowest BCUT2D eigenvalue weighted by Gasteiger charge is -2.41. The molecule has 31 heavy (non-hydrogen) atoms. The third-order valence-electron chi connectivity index (χ3n) is 5.48. The highest BCUT2D eigenvalue weighted by atomic mass is 32.2. The van der Waals surface area contributed by atoms with Crippen molar-refractivity contribution in [2.24, 2.45) is 5.41 Å². The third-order valence-corrected chi connectivity index (χ3v) is 6.29. The van der Waals surface area contributed by atoms with E-state index in [1.165, 1.54) is 18.2 Å². The van der Waals surface area contributed by atoms with E-state index in [0.29, 0.717) is 17.0 Å². The average Bonchev–Trinajstić information content (AvgIpc) is 2.72. The van der Waals surface area contributed by atoms with Crippen LogP contribution in [0.1, 0.15) is 41.4 Å². The molecule has 0 aromatic heterocycles. The van der Waals surface area contributed by atoms with Gasteiger partial charge in [-0.3, -0.25) is 0 Å². The van der Waals surface area contributed by atoms with E-state index in [4.69, 9.17) is 0 Å². The van der Waals surface area contributed by atoms with Gasteiger partial charge in [0.2, 0.25) is 0 Å². The SMILES string of the molecule is CC1(C)Cc2cc(C(=O)O)ccc2NC1c1ccc(F)c(NSc2cccc(F)c2)c1. The van der Waals surface area contributed by atoms with Crippen molar-refractivity contribution in [2.75, 3.05) is 10.0 Å². The first kappa shape index (κ1) is 21.2. The number of carbonyl (C=O) groups is 1. The molecule has 3 N–H and O–H groups in total. The van der Waals surface area contributed by atoms with Gasteiger partial charge in [0.05, 0.1) is 17.3 Å². The molecule has 0 saturated heterocycles. The minimum atomic E-state index is -0.951. The summed E-state index contributed by atoms with van der Waals surface area (Å²) in [5.41, 5.74) is 3.07. The average molecular weight is 441 g/mol. The van der Waals surface area contributed by atoms with E-state index in [1.54, 1.807) is 42.5 Å². The lowest BCUT2D eigenvalue weighted by molar-refractivity contribution is 0.0696. The Balaban J connectivity index is 1.60. The summed E-state index contributed by atoms with van der Waals surface area (Å²) in [6.07, 6.45) is 0.680. The highest BCUT2D eigenvalue weighted by molar-refractivity contribution is 8.00. The molecule has 1 aliphatic heterocycles. The van der Waals surface area contributed by atoms with Crippen molar-refractivity contribution in [3.8, 4) is 0 Å². The number of anilines is 2. The van der Waals surface area contributed by atoms with Gasteiger partial charge in [0.25, 0.3) is 0 Å². The number of rotatable bonds is 5. The largest absolute Gasteiger partial charge is 0.478 e. The predicted molar refractivity (Wildman–Crippen MR) is 120 cm³/mol. The van der Waals surface area contributed by atoms with Gasteiger partial charge in [0.15, 0.2) is 0 Å². The second-order valence-electron chi connectivity index (χ2n) is 8.32. The van der Waals surface area contributed by atoms with E-state index in [2.05, 4.69) is 23.9 Å². The van der Waals surface area contributed by atoms with Gasteiger partial charge in [0, 0.05) is 10.6 Å². The smallest absolute Gasteiger partial charge is 0.335 e. The molecule has 1 heterocycles. The second-order valence-corrected chi connectivity index (χ2v) is 9.20. The Hall–Kier alpha value is -3.06. The van der Waals surface area contributed by atoms with Gasteiger partial charge in [-0.25, -0.2) is 13.6 Å². The fraction of sp³-hybridized carbons (Fsp3) is 0.208. The van der Waals surface area contributed by atoms with Gasteiger partial charge in [-0.05, 0) is 83.4 Å². The van der Waals surface area contributed by atoms with E-state index in [9.17, 15) is 18.7 Å². The normalized spacial score (nSPS) is 16.8. The zero-order valence-electron chi connectivity index (χ0n) is 17.1. The molecule has 0 saturated carbocycles. The van der Waals surface area contributed by atoms with Crippen LogP contribution < -0.4 is 10.0 Å². The summed E-state index contributed by atoms with van der Waals surface area (Å²) >= 11 is 1.14. The van der Waals surface area contributed by atoms with Crippen LogP contribution in [0.2, 0.25) is 0 Å². The van der Waals surface area contributed by atoms with Crippen molar-refractivity contribution in [3.63, 3.8) is 0 Å². The Bertz CT molecular complexity index is 1150. The highest BCUT2D eigenvalue weighted by Crippen LogP contribution is 2.45. The van der Waals surface area contributed by atoms with Gasteiger partial charge in [-0.1, -0.05) is 26.0 Å². The molecule has 7 heteroatoms. The number of nitrogens with one attached hydrogen (secondary N) is 2. The number of halogens is 2. The molecule has 3 aromatic carbocycles. The van der Waals surface area contributed by atoms with Crippen LogP contribution in [0.15, 0.2) is 65.6 Å². The predicted octanol–water partition coefficient (Wildman–Crippen LogP) is 6.52. The maximum Gasteiger partial charge on any atom is 0.335 e. The van der Waals surface area contributed by atoms with Crippen LogP contribution >= 0.6 is 11.9 Å². The molecule has 0 aliphatic carbocycles. The molecule has 3 aromatic rings. The lowest BCUT2D eigenvalue weighted by Crippen LogP contribution is -2.35. The van der Waals surface area contributed by atoms with E-state index in [1.807, 2.05) is 0 Å². The summed E-state index contributed by atoms with van der Waals surface area (Å²) in [5, 5.41) is 12.8. The Labute approximate surface area is 183 Å². The van der Waals surface area contributed by atoms with Crippen molar-refractivity contribution in [2.45, 2.75) is 31.2 Å². The fourth-order valence-corrected chi connectivity index (χ4v) is 4.64. The van der Waals surface area contributed by atoms with E-state index >= 15 is 0 Å². The minimum Gasteiger partial charge on any atom is -0.478 e. The summed E-state index contributed by atoms with van der Waals surface area (Å²) in [6, 6.07) is 16.0. The first-order valence-electron chi connectivity index (χ1n) is 9.83. The zero-order chi connectivity index (χ0) is 22.2. The number of carboxylic acids is 1. The van der Waals surface area contributed by atoms with E-state index in [0.717, 1.165) is 28.8 Å². The summed E-state index contributed by atoms with van der Waals surface area (Å²) in [5.74, 6) is -1.69. The maximum absolute atomic E-state index is 14.4. The number of benzene rings is 3. The molecule has 1 unspecified atom stereocenters. The molecule has 1 atom stereocenters. The summed E-state index contributed by atoms with van der Waals surface area (Å²) in [4.78, 5) is 11.9. The van der Waals surface area contributed by atoms with Gasteiger partial charge in [-0.2, -0.15) is 0 Å². The summed E-state index contributed by atoms with van der Waals surface area (Å²) in [6.45, 7) is 4.19. The molecule has 0 fully saturated rings. The Morgan fingerprint density at radius 3 is 2.68 bits per heavy atom. The number of carboxylic acid groups (broad SMARTS) is 1. The quantitative estimate of drug-likeness (QED) is 0.395. The van der Waals surface area contributed by atoms with Crippen molar-refractivity contribution in [1.29, 1.82) is 0 Å². The summed E-state index contributed by atoms with van der Waals surface area (Å²) in [7, 11) is 0. The van der Waals surface area contributed by atoms with Crippen LogP contribution in [0.3, 0.4) is 0 Å². The van der Waals surface area contributed by atoms with Crippen LogP contribution in [0.5, 0.6) is 0 Å². The molecular formula is C24H22F2N2O2S. The standard InChI is InChI=1S/C24H22F2N2O2S/c1-24(2)13-16-10-15(23(29)30)7-9-20(16)27-22(24)14-6-8-19(26)21(11-14)28-31-18-5-3-4-17(25)12-18/h3-12,22,27-28H,13H2,1-2H3,(H,29,30). The van der Waals surface area contributed by atoms with Gasteiger partial charge in [-0.15, -0.1) is 0 Å². The zero-order valence-corrected chi connectivity index (χ0v) is 17.9. The van der Waals surface area contributed by atoms with Crippen LogP contribution in [0.4, 0.5) is 20.2 Å². The molecule has 0 bridgehead atoms. The van der Waals surface area contributed by atoms with Crippen LogP contribution in [0.25, 0.3) is 0 Å². The van der Waals surface area contributed by atoms with Crippen LogP contribution in [0, 0.1) is 17.0 Å². The van der Waals surface area contributed by atoms with Gasteiger partial charge in [0.1, 0.15) is 11.6 Å². The topological polar surface area (TPSA) is 61.4 Å². The third kappa shape index (κ3) is 4.51.